The van der Waals surface area contributed by atoms with Gasteiger partial charge in [0, 0.05) is 0 Å². The standard InChI is InChI=1S/C6H10O8.2Na/c7-1(3(9)5(11)12)2(8)4(10)6(13)14;;/h1-4,7-10H,(H,11,12)(H,13,14);;/q;2*+1/p-2/t1-,2+,3+,4-;;. The van der Waals surface area contributed by atoms with E-state index < -0.39 is 36.4 Å². The molecular weight excluding hydrogens is 246 g/mol. The quantitative estimate of drug-likeness (QED) is 0.351. The van der Waals surface area contributed by atoms with E-state index in [4.69, 9.17) is 20.4 Å². The van der Waals surface area contributed by atoms with Gasteiger partial charge in [0.05, 0.1) is 11.9 Å². The maximum Gasteiger partial charge on any atom is 1.00 e. The van der Waals surface area contributed by atoms with Crippen LogP contribution < -0.4 is 69.3 Å². The third-order valence-corrected chi connectivity index (χ3v) is 1.48. The molecule has 0 saturated heterocycles. The summed E-state index contributed by atoms with van der Waals surface area (Å²) in [5.74, 6) is -4.22. The van der Waals surface area contributed by atoms with E-state index in [0.29, 0.717) is 0 Å². The normalized spacial score (nSPS) is 17.0. The van der Waals surface area contributed by atoms with Crippen molar-refractivity contribution in [2.24, 2.45) is 0 Å². The molecule has 0 heterocycles. The molecule has 0 aliphatic rings. The fourth-order valence-corrected chi connectivity index (χ4v) is 0.652. The number of carboxylic acid groups (broad SMARTS) is 2. The van der Waals surface area contributed by atoms with Crippen molar-refractivity contribution in [1.29, 1.82) is 0 Å². The predicted octanol–water partition coefficient (Wildman–Crippen LogP) is -12.1. The Hall–Kier alpha value is 0.780. The van der Waals surface area contributed by atoms with Crippen molar-refractivity contribution in [3.8, 4) is 0 Å². The summed E-state index contributed by atoms with van der Waals surface area (Å²) in [7, 11) is 0. The summed E-state index contributed by atoms with van der Waals surface area (Å²) in [6.45, 7) is 0. The van der Waals surface area contributed by atoms with Gasteiger partial charge in [-0.2, -0.15) is 0 Å². The number of hydrogen-bond acceptors (Lipinski definition) is 8. The van der Waals surface area contributed by atoms with E-state index in [1.54, 1.807) is 0 Å². The van der Waals surface area contributed by atoms with Gasteiger partial charge in [0.2, 0.25) is 0 Å². The molecular formula is C6H8Na2O8. The van der Waals surface area contributed by atoms with Gasteiger partial charge in [0.25, 0.3) is 0 Å². The Morgan fingerprint density at radius 2 is 0.938 bits per heavy atom. The summed E-state index contributed by atoms with van der Waals surface area (Å²) in [6, 6.07) is 0. The van der Waals surface area contributed by atoms with Crippen LogP contribution in [0.5, 0.6) is 0 Å². The zero-order valence-electron chi connectivity index (χ0n) is 8.73. The van der Waals surface area contributed by atoms with Gasteiger partial charge in [-0.25, -0.2) is 0 Å². The Kier molecular flexibility index (Phi) is 13.4. The van der Waals surface area contributed by atoms with E-state index in [-0.39, 0.29) is 59.1 Å². The van der Waals surface area contributed by atoms with Crippen LogP contribution in [-0.4, -0.2) is 56.8 Å². The van der Waals surface area contributed by atoms with Crippen LogP contribution in [0.25, 0.3) is 0 Å². The maximum absolute atomic E-state index is 9.96. The topological polar surface area (TPSA) is 161 Å². The summed E-state index contributed by atoms with van der Waals surface area (Å²) in [5.41, 5.74) is 0. The van der Waals surface area contributed by atoms with Gasteiger partial charge in [0.15, 0.2) is 0 Å². The van der Waals surface area contributed by atoms with Crippen LogP contribution in [-0.2, 0) is 9.59 Å². The second-order valence-corrected chi connectivity index (χ2v) is 2.51. The van der Waals surface area contributed by atoms with Gasteiger partial charge in [-0.3, -0.25) is 0 Å². The van der Waals surface area contributed by atoms with Crippen molar-refractivity contribution in [3.63, 3.8) is 0 Å². The van der Waals surface area contributed by atoms with Crippen LogP contribution in [0.4, 0.5) is 0 Å². The largest absolute Gasteiger partial charge is 1.00 e. The minimum Gasteiger partial charge on any atom is -0.547 e. The molecule has 16 heavy (non-hydrogen) atoms. The molecule has 0 aromatic rings. The second-order valence-electron chi connectivity index (χ2n) is 2.51. The summed E-state index contributed by atoms with van der Waals surface area (Å²) >= 11 is 0. The van der Waals surface area contributed by atoms with E-state index in [2.05, 4.69) is 0 Å². The summed E-state index contributed by atoms with van der Waals surface area (Å²) < 4.78 is 0. The van der Waals surface area contributed by atoms with Crippen LogP contribution in [0, 0.1) is 0 Å². The fraction of sp³-hybridized carbons (Fsp3) is 0.667. The van der Waals surface area contributed by atoms with Crippen molar-refractivity contribution < 1.29 is 99.3 Å². The van der Waals surface area contributed by atoms with E-state index in [0.717, 1.165) is 0 Å². The number of hydrogen-bond donors (Lipinski definition) is 4. The summed E-state index contributed by atoms with van der Waals surface area (Å²) in [5, 5.41) is 54.7. The van der Waals surface area contributed by atoms with E-state index in [9.17, 15) is 19.8 Å². The van der Waals surface area contributed by atoms with Gasteiger partial charge in [-0.1, -0.05) is 0 Å². The number of carboxylic acids is 2. The Labute approximate surface area is 134 Å². The van der Waals surface area contributed by atoms with Gasteiger partial charge in [-0.15, -0.1) is 0 Å². The molecule has 0 amide bonds. The molecule has 0 fully saturated rings. The van der Waals surface area contributed by atoms with Crippen LogP contribution >= 0.6 is 0 Å². The third kappa shape index (κ3) is 6.50. The van der Waals surface area contributed by atoms with Crippen LogP contribution in [0.2, 0.25) is 0 Å². The molecule has 82 valence electrons. The van der Waals surface area contributed by atoms with Crippen LogP contribution in [0.3, 0.4) is 0 Å². The van der Waals surface area contributed by atoms with Gasteiger partial charge in [-0.05, 0) is 0 Å². The Morgan fingerprint density at radius 1 is 0.750 bits per heavy atom. The van der Waals surface area contributed by atoms with Crippen LogP contribution in [0.1, 0.15) is 0 Å². The van der Waals surface area contributed by atoms with Crippen molar-refractivity contribution in [2.75, 3.05) is 0 Å². The molecule has 0 rings (SSSR count). The Morgan fingerprint density at radius 3 is 1.06 bits per heavy atom. The number of carbonyl (C=O) groups is 2. The van der Waals surface area contributed by atoms with Crippen molar-refractivity contribution in [1.82, 2.24) is 0 Å². The average molecular weight is 254 g/mol. The molecule has 0 aliphatic carbocycles. The smallest absolute Gasteiger partial charge is 0.547 e. The molecule has 4 atom stereocenters. The molecule has 4 N–H and O–H groups in total. The molecule has 0 bridgehead atoms. The first-order valence-electron chi connectivity index (χ1n) is 3.43. The van der Waals surface area contributed by atoms with Gasteiger partial charge in [0.1, 0.15) is 24.4 Å². The summed E-state index contributed by atoms with van der Waals surface area (Å²) in [6.07, 6.45) is -9.76. The van der Waals surface area contributed by atoms with E-state index >= 15 is 0 Å². The maximum atomic E-state index is 9.96. The predicted molar refractivity (Wildman–Crippen MR) is 34.0 cm³/mol. The van der Waals surface area contributed by atoms with Crippen molar-refractivity contribution in [2.45, 2.75) is 24.4 Å². The SMILES string of the molecule is O=C([O-])[C@@H](O)[C@H](O)[C@H](O)[C@@H](O)C(=O)[O-].[Na+].[Na+]. The Balaban J connectivity index is -0.000000845. The molecule has 0 saturated carbocycles. The minimum absolute atomic E-state index is 0. The van der Waals surface area contributed by atoms with Gasteiger partial charge < -0.3 is 40.2 Å². The molecule has 0 aromatic carbocycles. The second kappa shape index (κ2) is 9.77. The van der Waals surface area contributed by atoms with E-state index in [1.165, 1.54) is 0 Å². The van der Waals surface area contributed by atoms with E-state index in [1.807, 2.05) is 0 Å². The fourth-order valence-electron chi connectivity index (χ4n) is 0.652. The van der Waals surface area contributed by atoms with Crippen LogP contribution in [0.15, 0.2) is 0 Å². The molecule has 0 aliphatic heterocycles. The number of aliphatic hydroxyl groups excluding tert-OH is 4. The zero-order valence-corrected chi connectivity index (χ0v) is 12.7. The molecule has 0 unspecified atom stereocenters. The first-order valence-corrected chi connectivity index (χ1v) is 3.43. The van der Waals surface area contributed by atoms with Crippen molar-refractivity contribution >= 4 is 11.9 Å². The third-order valence-electron chi connectivity index (χ3n) is 1.48. The Bertz CT molecular complexity index is 211. The average Bonchev–Trinajstić information content (AvgIpc) is 2.12. The first kappa shape index (κ1) is 22.0. The molecule has 0 radical (unpaired) electrons. The first-order chi connectivity index (χ1) is 6.29. The molecule has 8 nitrogen and oxygen atoms in total. The zero-order chi connectivity index (χ0) is 11.5. The number of rotatable bonds is 5. The monoisotopic (exact) mass is 254 g/mol. The van der Waals surface area contributed by atoms with Gasteiger partial charge >= 0.3 is 59.1 Å². The number of aliphatic carboxylic acids is 2. The summed E-state index contributed by atoms with van der Waals surface area (Å²) in [4.78, 5) is 19.9. The molecule has 0 spiro atoms. The number of aliphatic hydroxyl groups is 4. The van der Waals surface area contributed by atoms with Crippen molar-refractivity contribution in [3.05, 3.63) is 0 Å². The molecule has 10 heteroatoms. The number of carbonyl (C=O) groups excluding carboxylic acids is 2. The minimum atomic E-state index is -2.50. The molecule has 0 aromatic heterocycles.